The lowest BCUT2D eigenvalue weighted by atomic mass is 9.80. The first-order valence-corrected chi connectivity index (χ1v) is 10.4. The van der Waals surface area contributed by atoms with E-state index in [0.717, 1.165) is 23.4 Å². The van der Waals surface area contributed by atoms with Gasteiger partial charge in [0.1, 0.15) is 29.9 Å². The van der Waals surface area contributed by atoms with Gasteiger partial charge >= 0.3 is 0 Å². The zero-order valence-electron chi connectivity index (χ0n) is 17.6. The molecule has 7 heteroatoms. The van der Waals surface area contributed by atoms with Crippen LogP contribution in [0.1, 0.15) is 24.5 Å². The third-order valence-electron chi connectivity index (χ3n) is 5.68. The molecule has 5 nitrogen and oxygen atoms in total. The first-order chi connectivity index (χ1) is 15.5. The highest BCUT2D eigenvalue weighted by atomic mass is 19.1. The van der Waals surface area contributed by atoms with Gasteiger partial charge in [-0.25, -0.2) is 18.4 Å². The second-order valence-electron chi connectivity index (χ2n) is 7.86. The average Bonchev–Trinajstić information content (AvgIpc) is 3.48. The minimum absolute atomic E-state index is 0.00384. The molecule has 0 aliphatic heterocycles. The molecule has 0 aliphatic carbocycles. The molecule has 2 atom stereocenters. The summed E-state index contributed by atoms with van der Waals surface area (Å²) in [4.78, 5) is 3.89. The first kappa shape index (κ1) is 21.6. The average molecular weight is 434 g/mol. The topological polar surface area (TPSA) is 55.9 Å². The van der Waals surface area contributed by atoms with Gasteiger partial charge in [0.05, 0.1) is 6.54 Å². The van der Waals surface area contributed by atoms with Crippen molar-refractivity contribution in [1.82, 2.24) is 19.3 Å². The maximum atomic E-state index is 14.6. The quantitative estimate of drug-likeness (QED) is 0.426. The van der Waals surface area contributed by atoms with E-state index < -0.39 is 17.2 Å². The van der Waals surface area contributed by atoms with Crippen molar-refractivity contribution in [2.45, 2.75) is 25.5 Å². The van der Waals surface area contributed by atoms with Crippen LogP contribution in [0.5, 0.6) is 0 Å². The van der Waals surface area contributed by atoms with Gasteiger partial charge in [-0.3, -0.25) is 0 Å². The number of nitrogens with zero attached hydrogens (tertiary/aromatic N) is 4. The number of aliphatic hydroxyl groups is 1. The fraction of sp³-hybridized carbons (Fsp3) is 0.200. The maximum Gasteiger partial charge on any atom is 0.137 e. The van der Waals surface area contributed by atoms with Crippen molar-refractivity contribution < 1.29 is 13.9 Å². The summed E-state index contributed by atoms with van der Waals surface area (Å²) >= 11 is 0. The van der Waals surface area contributed by atoms with Crippen molar-refractivity contribution in [1.29, 1.82) is 0 Å². The Morgan fingerprint density at radius 2 is 1.84 bits per heavy atom. The highest BCUT2D eigenvalue weighted by Crippen LogP contribution is 2.35. The van der Waals surface area contributed by atoms with Gasteiger partial charge in [-0.1, -0.05) is 37.3 Å². The van der Waals surface area contributed by atoms with E-state index in [-0.39, 0.29) is 18.0 Å². The standard InChI is InChI=1S/C25H24F2N4O/c1-19(5-4-6-20-7-10-22(11-8-20)30-13-2-3-14-30)25(32,16-31-18-28-17-29-31)23-12-9-21(26)15-24(23)27/h2-4,6-15,17-19,32H,5,16H2,1H3/b6-4+/t19-,25+/m0/s1. The number of hydrogen-bond acceptors (Lipinski definition) is 3. The minimum atomic E-state index is -1.60. The van der Waals surface area contributed by atoms with Gasteiger partial charge in [0.25, 0.3) is 0 Å². The van der Waals surface area contributed by atoms with Crippen molar-refractivity contribution in [2.24, 2.45) is 5.92 Å². The van der Waals surface area contributed by atoms with Crippen LogP contribution in [-0.2, 0) is 12.1 Å². The Bertz CT molecular complexity index is 1170. The predicted octanol–water partition coefficient (Wildman–Crippen LogP) is 4.97. The van der Waals surface area contributed by atoms with Crippen LogP contribution in [0.15, 0.2) is 85.7 Å². The molecule has 0 aliphatic rings. The van der Waals surface area contributed by atoms with Gasteiger partial charge in [0.2, 0.25) is 0 Å². The molecule has 0 saturated heterocycles. The number of rotatable bonds is 8. The number of halogens is 2. The largest absolute Gasteiger partial charge is 0.383 e. The van der Waals surface area contributed by atoms with Crippen LogP contribution >= 0.6 is 0 Å². The molecule has 2 aromatic heterocycles. The third kappa shape index (κ3) is 4.68. The summed E-state index contributed by atoms with van der Waals surface area (Å²) in [6.07, 6.45) is 11.2. The van der Waals surface area contributed by atoms with E-state index in [1.165, 1.54) is 23.4 Å². The zero-order valence-corrected chi connectivity index (χ0v) is 17.6. The normalized spacial score (nSPS) is 14.5. The highest BCUT2D eigenvalue weighted by molar-refractivity contribution is 5.52. The summed E-state index contributed by atoms with van der Waals surface area (Å²) in [5.41, 5.74) is 0.510. The maximum absolute atomic E-state index is 14.6. The lowest BCUT2D eigenvalue weighted by molar-refractivity contribution is -0.0379. The third-order valence-corrected chi connectivity index (χ3v) is 5.68. The summed E-state index contributed by atoms with van der Waals surface area (Å²) in [5.74, 6) is -1.86. The van der Waals surface area contributed by atoms with Crippen LogP contribution < -0.4 is 0 Å². The Morgan fingerprint density at radius 1 is 1.09 bits per heavy atom. The molecule has 0 amide bonds. The van der Waals surface area contributed by atoms with Crippen LogP contribution in [-0.4, -0.2) is 24.4 Å². The number of aromatic nitrogens is 4. The van der Waals surface area contributed by atoms with Gasteiger partial charge in [0.15, 0.2) is 0 Å². The monoisotopic (exact) mass is 434 g/mol. The summed E-state index contributed by atoms with van der Waals surface area (Å²) < 4.78 is 31.5. The molecule has 4 rings (SSSR count). The molecular formula is C25H24F2N4O. The molecule has 2 aromatic carbocycles. The van der Waals surface area contributed by atoms with Crippen LogP contribution in [0.2, 0.25) is 0 Å². The van der Waals surface area contributed by atoms with E-state index in [1.54, 1.807) is 0 Å². The van der Waals surface area contributed by atoms with E-state index in [9.17, 15) is 13.9 Å². The molecule has 0 saturated carbocycles. The van der Waals surface area contributed by atoms with Crippen LogP contribution in [0.3, 0.4) is 0 Å². The molecule has 4 aromatic rings. The molecule has 0 radical (unpaired) electrons. The molecule has 32 heavy (non-hydrogen) atoms. The predicted molar refractivity (Wildman–Crippen MR) is 119 cm³/mol. The molecule has 2 heterocycles. The summed E-state index contributed by atoms with van der Waals surface area (Å²) in [7, 11) is 0. The number of allylic oxidation sites excluding steroid dienone is 1. The molecule has 0 unspecified atom stereocenters. The second kappa shape index (κ2) is 9.28. The van der Waals surface area contributed by atoms with Gasteiger partial charge in [-0.05, 0) is 48.2 Å². The van der Waals surface area contributed by atoms with Crippen molar-refractivity contribution >= 4 is 6.08 Å². The Labute approximate surface area is 185 Å². The lowest BCUT2D eigenvalue weighted by Gasteiger charge is -2.34. The van der Waals surface area contributed by atoms with Gasteiger partial charge < -0.3 is 9.67 Å². The highest BCUT2D eigenvalue weighted by Gasteiger charge is 2.38. The van der Waals surface area contributed by atoms with Crippen molar-refractivity contribution in [2.75, 3.05) is 0 Å². The molecule has 0 bridgehead atoms. The smallest absolute Gasteiger partial charge is 0.137 e. The van der Waals surface area contributed by atoms with Crippen LogP contribution in [0, 0.1) is 17.6 Å². The van der Waals surface area contributed by atoms with E-state index >= 15 is 0 Å². The van der Waals surface area contributed by atoms with Crippen LogP contribution in [0.4, 0.5) is 8.78 Å². The van der Waals surface area contributed by atoms with E-state index in [2.05, 4.69) is 10.1 Å². The van der Waals surface area contributed by atoms with E-state index in [0.29, 0.717) is 6.42 Å². The summed E-state index contributed by atoms with van der Waals surface area (Å²) in [6, 6.07) is 15.3. The molecule has 0 fully saturated rings. The molecule has 1 N–H and O–H groups in total. The Morgan fingerprint density at radius 3 is 2.50 bits per heavy atom. The Kier molecular flexibility index (Phi) is 6.28. The van der Waals surface area contributed by atoms with E-state index in [1.807, 2.05) is 72.4 Å². The number of benzene rings is 2. The van der Waals surface area contributed by atoms with Gasteiger partial charge in [0, 0.05) is 29.7 Å². The summed E-state index contributed by atoms with van der Waals surface area (Å²) in [5, 5.41) is 15.6. The number of hydrogen-bond donors (Lipinski definition) is 1. The zero-order chi connectivity index (χ0) is 22.6. The first-order valence-electron chi connectivity index (χ1n) is 10.4. The van der Waals surface area contributed by atoms with E-state index in [4.69, 9.17) is 0 Å². The van der Waals surface area contributed by atoms with Crippen molar-refractivity contribution in [3.8, 4) is 5.69 Å². The van der Waals surface area contributed by atoms with Gasteiger partial charge in [-0.15, -0.1) is 0 Å². The fourth-order valence-corrected chi connectivity index (χ4v) is 3.78. The van der Waals surface area contributed by atoms with Gasteiger partial charge in [-0.2, -0.15) is 5.10 Å². The molecular weight excluding hydrogens is 410 g/mol. The SMILES string of the molecule is C[C@@H](C/C=C/c1ccc(-n2cccc2)cc1)[C@](O)(Cn1cncn1)c1ccc(F)cc1F. The Balaban J connectivity index is 1.52. The lowest BCUT2D eigenvalue weighted by Crippen LogP contribution is -2.39. The van der Waals surface area contributed by atoms with Crippen molar-refractivity contribution in [3.63, 3.8) is 0 Å². The van der Waals surface area contributed by atoms with Crippen molar-refractivity contribution in [3.05, 3.63) is 108 Å². The van der Waals surface area contributed by atoms with Crippen LogP contribution in [0.25, 0.3) is 11.8 Å². The fourth-order valence-electron chi connectivity index (χ4n) is 3.78. The molecule has 0 spiro atoms. The summed E-state index contributed by atoms with van der Waals surface area (Å²) in [6.45, 7) is 1.83. The Hall–Kier alpha value is -3.58. The second-order valence-corrected chi connectivity index (χ2v) is 7.86. The molecule has 164 valence electrons. The minimum Gasteiger partial charge on any atom is -0.383 e.